The van der Waals surface area contributed by atoms with Gasteiger partial charge in [-0.1, -0.05) is 295 Å². The molecule has 0 aliphatic carbocycles. The van der Waals surface area contributed by atoms with Crippen molar-refractivity contribution in [1.29, 1.82) is 0 Å². The molecule has 0 fully saturated rings. The predicted molar refractivity (Wildman–Crippen MR) is 561 cm³/mol. The van der Waals surface area contributed by atoms with Crippen LogP contribution in [0.15, 0.2) is 409 Å². The van der Waals surface area contributed by atoms with Gasteiger partial charge in [0.1, 0.15) is 22.3 Å². The number of furan rings is 2. The molecule has 0 radical (unpaired) electrons. The Bertz CT molecular complexity index is 9010. The Kier molecular flexibility index (Phi) is 19.0. The number of nitrogens with zero attached hydrogens (tertiary/aromatic N) is 6. The van der Waals surface area contributed by atoms with Crippen LogP contribution in [0.1, 0.15) is 105 Å². The molecule has 0 atom stereocenters. The van der Waals surface area contributed by atoms with Gasteiger partial charge in [-0.3, -0.25) is 0 Å². The molecule has 8 aromatic heterocycles. The molecule has 26 aromatic rings. The van der Waals surface area contributed by atoms with Gasteiger partial charge < -0.3 is 36.2 Å². The second-order valence-corrected chi connectivity index (χ2v) is 39.7. The van der Waals surface area contributed by atoms with Gasteiger partial charge in [0, 0.05) is 120 Å². The van der Waals surface area contributed by atoms with Crippen LogP contribution in [0.5, 0.6) is 0 Å². The van der Waals surface area contributed by atoms with Crippen LogP contribution in [-0.4, -0.2) is 27.4 Å². The lowest BCUT2D eigenvalue weighted by atomic mass is 9.86. The van der Waals surface area contributed by atoms with Crippen LogP contribution in [0.2, 0.25) is 0 Å². The third-order valence-electron chi connectivity index (χ3n) is 27.2. The number of benzene rings is 18. The zero-order valence-corrected chi connectivity index (χ0v) is 76.6. The van der Waals surface area contributed by atoms with E-state index in [1.54, 1.807) is 0 Å². The highest BCUT2D eigenvalue weighted by Crippen LogP contribution is 2.47. The minimum atomic E-state index is 0.0817. The van der Waals surface area contributed by atoms with Gasteiger partial charge in [-0.15, -0.1) is 0 Å². The molecular weight excluding hydrogens is 1610 g/mol. The molecule has 132 heavy (non-hydrogen) atoms. The lowest BCUT2D eigenvalue weighted by Crippen LogP contribution is -2.10. The molecule has 8 heteroatoms. The molecule has 0 amide bonds. The van der Waals surface area contributed by atoms with E-state index in [1.165, 1.54) is 198 Å². The van der Waals surface area contributed by atoms with Crippen molar-refractivity contribution >= 4 is 175 Å². The maximum atomic E-state index is 6.28. The van der Waals surface area contributed by atoms with Gasteiger partial charge in [0.2, 0.25) is 0 Å². The van der Waals surface area contributed by atoms with Crippen molar-refractivity contribution in [1.82, 2.24) is 27.4 Å². The Balaban J connectivity index is 0.000000100. The van der Waals surface area contributed by atoms with Crippen molar-refractivity contribution in [2.75, 3.05) is 0 Å². The molecule has 0 saturated carbocycles. The fraction of sp³-hybridized carbons (Fsp3) is 0.129. The van der Waals surface area contributed by atoms with Gasteiger partial charge in [0.15, 0.2) is 0 Å². The van der Waals surface area contributed by atoms with E-state index in [-0.39, 0.29) is 21.7 Å². The minimum Gasteiger partial charge on any atom is -0.456 e. The summed E-state index contributed by atoms with van der Waals surface area (Å²) >= 11 is 0. The third kappa shape index (κ3) is 13.6. The molecular formula is C124H102N6O2. The van der Waals surface area contributed by atoms with Crippen LogP contribution in [0.3, 0.4) is 0 Å². The topological polar surface area (TPSA) is 55.9 Å². The Morgan fingerprint density at radius 2 is 0.341 bits per heavy atom. The third-order valence-corrected chi connectivity index (χ3v) is 27.2. The van der Waals surface area contributed by atoms with Crippen LogP contribution < -0.4 is 0 Å². The van der Waals surface area contributed by atoms with E-state index >= 15 is 0 Å². The Morgan fingerprint density at radius 1 is 0.136 bits per heavy atom. The van der Waals surface area contributed by atoms with Crippen LogP contribution in [0, 0.1) is 0 Å². The monoisotopic (exact) mass is 1710 g/mol. The summed E-state index contributed by atoms with van der Waals surface area (Å²) in [7, 11) is 0. The SMILES string of the molecule is CC(C)(C)c1ccc(-n2c3ccccc3c3cc4c(cc32)c2ccccc2n4-c2ccccc2)cc1.CC(C)(C)c1ccc2c(c1)c1cc3c(cc1n2-c1ccccc1)c1ccccc1n3-c1ccccc1.CC(C)(C)c1ccc2c(c1)c1cc3oc4ccccc4c3cc1n2-c1ccccc1.CC(C)(C)c1ccc2oc3cc4c5ccccc5n(-c5ccccc5)c4cc3c2c1. The second kappa shape index (κ2) is 31.1. The fourth-order valence-electron chi connectivity index (χ4n) is 20.5. The summed E-state index contributed by atoms with van der Waals surface area (Å²) in [5.74, 6) is 0. The number of aromatic nitrogens is 6. The van der Waals surface area contributed by atoms with E-state index in [1.807, 2.05) is 12.1 Å². The first-order valence-corrected chi connectivity index (χ1v) is 46.2. The quantitative estimate of drug-likeness (QED) is 0.167. The van der Waals surface area contributed by atoms with Gasteiger partial charge in [-0.25, -0.2) is 0 Å². The number of para-hydroxylation sites is 10. The lowest BCUT2D eigenvalue weighted by Gasteiger charge is -2.19. The van der Waals surface area contributed by atoms with Crippen LogP contribution in [-0.2, 0) is 21.7 Å². The van der Waals surface area contributed by atoms with Crippen molar-refractivity contribution in [2.45, 2.75) is 105 Å². The summed E-state index contributed by atoms with van der Waals surface area (Å²) in [5, 5.41) is 19.9. The highest BCUT2D eigenvalue weighted by Gasteiger charge is 2.27. The summed E-state index contributed by atoms with van der Waals surface area (Å²) < 4.78 is 26.9. The highest BCUT2D eigenvalue weighted by atomic mass is 16.3. The number of hydrogen-bond donors (Lipinski definition) is 0. The maximum Gasteiger partial charge on any atom is 0.136 e. The van der Waals surface area contributed by atoms with E-state index in [9.17, 15) is 0 Å². The van der Waals surface area contributed by atoms with E-state index < -0.39 is 0 Å². The summed E-state index contributed by atoms with van der Waals surface area (Å²) in [6, 6.07) is 145. The molecule has 640 valence electrons. The molecule has 0 aliphatic heterocycles. The van der Waals surface area contributed by atoms with Gasteiger partial charge in [-0.05, 0) is 232 Å². The van der Waals surface area contributed by atoms with E-state index in [0.717, 1.165) is 33.1 Å². The van der Waals surface area contributed by atoms with Crippen molar-refractivity contribution < 1.29 is 8.83 Å². The molecule has 0 spiro atoms. The standard InChI is InChI=1S/2C34H28N2.2C28H23NO/c1-34(2,3)23-18-19-31-27(20-23)29-22-32-28(21-33(29)36(31)25-14-8-5-9-15-25)26-16-10-11-17-30(26)35(32)24-12-6-4-7-13-24;1-34(2,3)23-17-19-25(20-18-23)36-31-16-10-8-14-27(31)29-21-32-28(22-33(29)36)26-13-7-9-15-30(26)35(32)24-11-5-4-6-12-24;1-28(2,3)18-13-14-26-22(15-18)23-16-25-21(17-27(23)30-26)20-11-7-8-12-24(20)29(25)19-9-5-4-6-10-19;1-28(2,3)18-13-14-24-21(15-18)22-17-27-23(20-11-7-8-12-26(20)30-27)16-25(22)29(24)19-9-5-4-6-10-19/h2*4-22H,1-3H3;2*4-17H,1-3H3. The first kappa shape index (κ1) is 80.9. The Hall–Kier alpha value is -15.6. The molecule has 18 aromatic carbocycles. The molecule has 8 nitrogen and oxygen atoms in total. The summed E-state index contributed by atoms with van der Waals surface area (Å²) in [5.41, 5.74) is 31.4. The lowest BCUT2D eigenvalue weighted by molar-refractivity contribution is 0.590. The minimum absolute atomic E-state index is 0.0817. The van der Waals surface area contributed by atoms with Crippen molar-refractivity contribution in [3.05, 3.63) is 423 Å². The summed E-state index contributed by atoms with van der Waals surface area (Å²) in [6.45, 7) is 27.2. The van der Waals surface area contributed by atoms with Gasteiger partial charge in [0.25, 0.3) is 0 Å². The number of rotatable bonds is 6. The average Bonchev–Trinajstić information content (AvgIpc) is 1.56. The van der Waals surface area contributed by atoms with Crippen LogP contribution in [0.4, 0.5) is 0 Å². The zero-order valence-electron chi connectivity index (χ0n) is 76.6. The van der Waals surface area contributed by atoms with E-state index in [4.69, 9.17) is 8.83 Å². The first-order valence-electron chi connectivity index (χ1n) is 46.2. The maximum absolute atomic E-state index is 6.28. The van der Waals surface area contributed by atoms with Gasteiger partial charge >= 0.3 is 0 Å². The molecule has 0 saturated heterocycles. The predicted octanol–water partition coefficient (Wildman–Crippen LogP) is 34.3. The largest absolute Gasteiger partial charge is 0.456 e. The average molecular weight is 1710 g/mol. The van der Waals surface area contributed by atoms with E-state index in [2.05, 4.69) is 499 Å². The number of fused-ring (bicyclic) bond motifs is 24. The smallest absolute Gasteiger partial charge is 0.136 e. The van der Waals surface area contributed by atoms with Crippen LogP contribution in [0.25, 0.3) is 209 Å². The molecule has 0 unspecified atom stereocenters. The van der Waals surface area contributed by atoms with Crippen molar-refractivity contribution in [2.24, 2.45) is 0 Å². The Morgan fingerprint density at radius 3 is 0.667 bits per heavy atom. The fourth-order valence-corrected chi connectivity index (χ4v) is 20.5. The van der Waals surface area contributed by atoms with Gasteiger partial charge in [-0.2, -0.15) is 0 Å². The molecule has 0 N–H and O–H groups in total. The van der Waals surface area contributed by atoms with Gasteiger partial charge in [0.05, 0.1) is 66.2 Å². The van der Waals surface area contributed by atoms with Crippen LogP contribution >= 0.6 is 0 Å². The molecule has 26 rings (SSSR count). The first-order chi connectivity index (χ1) is 64.0. The molecule has 0 aliphatic rings. The Labute approximate surface area is 767 Å². The zero-order chi connectivity index (χ0) is 89.8. The van der Waals surface area contributed by atoms with E-state index in [0.29, 0.717) is 0 Å². The highest BCUT2D eigenvalue weighted by molar-refractivity contribution is 6.23. The van der Waals surface area contributed by atoms with Crippen molar-refractivity contribution in [3.63, 3.8) is 0 Å². The summed E-state index contributed by atoms with van der Waals surface area (Å²) in [6.07, 6.45) is 0. The molecule has 0 bridgehead atoms. The summed E-state index contributed by atoms with van der Waals surface area (Å²) in [4.78, 5) is 0. The normalized spacial score (nSPS) is 12.4. The van der Waals surface area contributed by atoms with Crippen molar-refractivity contribution in [3.8, 4) is 34.1 Å². The molecule has 8 heterocycles. The number of hydrogen-bond acceptors (Lipinski definition) is 2. The second-order valence-electron chi connectivity index (χ2n) is 39.7.